The number of aromatic amines is 1. The second kappa shape index (κ2) is 10.5. The van der Waals surface area contributed by atoms with Crippen LogP contribution in [0.15, 0.2) is 71.5 Å². The van der Waals surface area contributed by atoms with Crippen LogP contribution in [0.2, 0.25) is 0 Å². The molecule has 1 aromatic heterocycles. The molecule has 3 N–H and O–H groups in total. The lowest BCUT2D eigenvalue weighted by atomic mass is 10.2. The highest BCUT2D eigenvalue weighted by molar-refractivity contribution is 6.05. The second-order valence-corrected chi connectivity index (χ2v) is 7.65. The van der Waals surface area contributed by atoms with Crippen LogP contribution in [0.3, 0.4) is 0 Å². The van der Waals surface area contributed by atoms with Gasteiger partial charge in [-0.3, -0.25) is 14.4 Å². The molecular formula is C26H24N4O5. The van der Waals surface area contributed by atoms with Crippen molar-refractivity contribution in [3.8, 4) is 11.5 Å². The summed E-state index contributed by atoms with van der Waals surface area (Å²) in [6, 6.07) is 19.0. The summed E-state index contributed by atoms with van der Waals surface area (Å²) in [6.45, 7) is 0. The number of nitrogens with zero attached hydrogens (tertiary/aromatic N) is 1. The van der Waals surface area contributed by atoms with Gasteiger partial charge in [-0.05, 0) is 24.3 Å². The van der Waals surface area contributed by atoms with Gasteiger partial charge in [-0.1, -0.05) is 30.3 Å². The molecule has 0 spiro atoms. The average Bonchev–Trinajstić information content (AvgIpc) is 2.88. The third-order valence-corrected chi connectivity index (χ3v) is 5.33. The molecular weight excluding hydrogens is 448 g/mol. The summed E-state index contributed by atoms with van der Waals surface area (Å²) >= 11 is 0. The van der Waals surface area contributed by atoms with Crippen molar-refractivity contribution in [3.63, 3.8) is 0 Å². The zero-order valence-electron chi connectivity index (χ0n) is 19.3. The Balaban J connectivity index is 1.48. The minimum Gasteiger partial charge on any atom is -0.494 e. The Morgan fingerprint density at radius 1 is 0.886 bits per heavy atom. The zero-order valence-corrected chi connectivity index (χ0v) is 19.3. The molecule has 3 aromatic carbocycles. The van der Waals surface area contributed by atoms with Gasteiger partial charge < -0.3 is 25.1 Å². The highest BCUT2D eigenvalue weighted by Crippen LogP contribution is 2.36. The standard InChI is InChI=1S/C26H24N4O5/c1-34-21-15-20(29-25(32)16-8-4-3-5-9-16)22(35-2)14-19(21)28-24(31)13-12-23-27-18-11-7-6-10-17(18)26(33)30-23/h3-11,14-15H,12-13H2,1-2H3,(H,28,31)(H,29,32)(H,27,30,33). The van der Waals surface area contributed by atoms with Crippen LogP contribution < -0.4 is 25.7 Å². The van der Waals surface area contributed by atoms with Gasteiger partial charge in [0.2, 0.25) is 5.91 Å². The Morgan fingerprint density at radius 3 is 2.20 bits per heavy atom. The molecule has 0 unspecified atom stereocenters. The van der Waals surface area contributed by atoms with Crippen molar-refractivity contribution in [2.24, 2.45) is 0 Å². The van der Waals surface area contributed by atoms with Crippen molar-refractivity contribution in [3.05, 3.63) is 88.5 Å². The summed E-state index contributed by atoms with van der Waals surface area (Å²) in [5.74, 6) is 0.514. The van der Waals surface area contributed by atoms with E-state index in [0.29, 0.717) is 45.2 Å². The van der Waals surface area contributed by atoms with Crippen LogP contribution in [-0.2, 0) is 11.2 Å². The maximum atomic E-state index is 12.7. The maximum absolute atomic E-state index is 12.7. The number of amides is 2. The molecule has 0 aliphatic carbocycles. The number of nitrogens with one attached hydrogen (secondary N) is 3. The van der Waals surface area contributed by atoms with E-state index in [9.17, 15) is 14.4 Å². The number of anilines is 2. The van der Waals surface area contributed by atoms with E-state index in [1.165, 1.54) is 14.2 Å². The largest absolute Gasteiger partial charge is 0.494 e. The van der Waals surface area contributed by atoms with Crippen LogP contribution in [0, 0.1) is 0 Å². The number of methoxy groups -OCH3 is 2. The van der Waals surface area contributed by atoms with Crippen molar-refractivity contribution in [1.29, 1.82) is 0 Å². The Labute approximate surface area is 201 Å². The smallest absolute Gasteiger partial charge is 0.258 e. The Hall–Kier alpha value is -4.66. The molecule has 0 bridgehead atoms. The fourth-order valence-corrected chi connectivity index (χ4v) is 3.58. The van der Waals surface area contributed by atoms with E-state index in [1.807, 2.05) is 6.07 Å². The second-order valence-electron chi connectivity index (χ2n) is 7.65. The number of rotatable bonds is 8. The first-order valence-electron chi connectivity index (χ1n) is 10.9. The molecule has 9 nitrogen and oxygen atoms in total. The first-order chi connectivity index (χ1) is 17.0. The van der Waals surface area contributed by atoms with Crippen LogP contribution in [0.4, 0.5) is 11.4 Å². The van der Waals surface area contributed by atoms with E-state index >= 15 is 0 Å². The summed E-state index contributed by atoms with van der Waals surface area (Å²) < 4.78 is 10.8. The van der Waals surface area contributed by atoms with Crippen LogP contribution >= 0.6 is 0 Å². The molecule has 2 amide bonds. The topological polar surface area (TPSA) is 122 Å². The fourth-order valence-electron chi connectivity index (χ4n) is 3.58. The number of hydrogen-bond acceptors (Lipinski definition) is 6. The maximum Gasteiger partial charge on any atom is 0.258 e. The van der Waals surface area contributed by atoms with Gasteiger partial charge in [-0.25, -0.2) is 4.98 Å². The molecule has 0 atom stereocenters. The summed E-state index contributed by atoms with van der Waals surface area (Å²) in [6.07, 6.45) is 0.329. The molecule has 0 aliphatic heterocycles. The SMILES string of the molecule is COc1cc(NC(=O)c2ccccc2)c(OC)cc1NC(=O)CCc1nc2ccccc2c(=O)[nH]1. The van der Waals surface area contributed by atoms with Crippen LogP contribution in [0.5, 0.6) is 11.5 Å². The van der Waals surface area contributed by atoms with Gasteiger partial charge in [0, 0.05) is 30.5 Å². The van der Waals surface area contributed by atoms with Crippen molar-refractivity contribution >= 4 is 34.1 Å². The quantitative estimate of drug-likeness (QED) is 0.359. The van der Waals surface area contributed by atoms with Crippen molar-refractivity contribution < 1.29 is 19.1 Å². The number of carbonyl (C=O) groups excluding carboxylic acids is 2. The van der Waals surface area contributed by atoms with Gasteiger partial charge >= 0.3 is 0 Å². The highest BCUT2D eigenvalue weighted by atomic mass is 16.5. The van der Waals surface area contributed by atoms with Gasteiger partial charge in [0.25, 0.3) is 11.5 Å². The first-order valence-corrected chi connectivity index (χ1v) is 10.9. The number of ether oxygens (including phenoxy) is 2. The zero-order chi connectivity index (χ0) is 24.8. The molecule has 4 aromatic rings. The lowest BCUT2D eigenvalue weighted by molar-refractivity contribution is -0.116. The van der Waals surface area contributed by atoms with E-state index in [-0.39, 0.29) is 30.2 Å². The number of carbonyl (C=O) groups is 2. The predicted octanol–water partition coefficient (Wildman–Crippen LogP) is 3.76. The van der Waals surface area contributed by atoms with Gasteiger partial charge in [0.1, 0.15) is 17.3 Å². The number of benzene rings is 3. The van der Waals surface area contributed by atoms with Crippen LogP contribution in [0.25, 0.3) is 10.9 Å². The molecule has 1 heterocycles. The first kappa shape index (κ1) is 23.5. The minimum absolute atomic E-state index is 0.0826. The van der Waals surface area contributed by atoms with Gasteiger partial charge in [-0.15, -0.1) is 0 Å². The highest BCUT2D eigenvalue weighted by Gasteiger charge is 2.16. The molecule has 0 saturated carbocycles. The van der Waals surface area contributed by atoms with Gasteiger partial charge in [0.15, 0.2) is 0 Å². The fraction of sp³-hybridized carbons (Fsp3) is 0.154. The number of aromatic nitrogens is 2. The lowest BCUT2D eigenvalue weighted by Gasteiger charge is -2.16. The third kappa shape index (κ3) is 5.47. The number of fused-ring (bicyclic) bond motifs is 1. The molecule has 0 saturated heterocycles. The molecule has 0 radical (unpaired) electrons. The van der Waals surface area contributed by atoms with E-state index in [0.717, 1.165) is 0 Å². The van der Waals surface area contributed by atoms with E-state index < -0.39 is 0 Å². The summed E-state index contributed by atoms with van der Waals surface area (Å²) in [4.78, 5) is 44.6. The lowest BCUT2D eigenvalue weighted by Crippen LogP contribution is -2.17. The summed E-state index contributed by atoms with van der Waals surface area (Å²) in [5.41, 5.74) is 1.60. The van der Waals surface area contributed by atoms with Crippen molar-refractivity contribution in [2.75, 3.05) is 24.9 Å². The Bertz CT molecular complexity index is 1430. The molecule has 4 rings (SSSR count). The predicted molar refractivity (Wildman–Crippen MR) is 133 cm³/mol. The Morgan fingerprint density at radius 2 is 1.51 bits per heavy atom. The average molecular weight is 473 g/mol. The minimum atomic E-state index is -0.306. The summed E-state index contributed by atoms with van der Waals surface area (Å²) in [7, 11) is 2.93. The van der Waals surface area contributed by atoms with E-state index in [1.54, 1.807) is 60.7 Å². The van der Waals surface area contributed by atoms with E-state index in [4.69, 9.17) is 9.47 Å². The molecule has 0 aliphatic rings. The number of H-pyrrole nitrogens is 1. The normalized spacial score (nSPS) is 10.6. The van der Waals surface area contributed by atoms with Crippen LogP contribution in [0.1, 0.15) is 22.6 Å². The number of hydrogen-bond donors (Lipinski definition) is 3. The van der Waals surface area contributed by atoms with Crippen molar-refractivity contribution in [1.82, 2.24) is 9.97 Å². The van der Waals surface area contributed by atoms with Gasteiger partial charge in [0.05, 0.1) is 36.5 Å². The van der Waals surface area contributed by atoms with Gasteiger partial charge in [-0.2, -0.15) is 0 Å². The molecule has 178 valence electrons. The molecule has 0 fully saturated rings. The Kier molecular flexibility index (Phi) is 7.06. The monoisotopic (exact) mass is 472 g/mol. The number of para-hydroxylation sites is 1. The van der Waals surface area contributed by atoms with Crippen LogP contribution in [-0.4, -0.2) is 36.0 Å². The van der Waals surface area contributed by atoms with E-state index in [2.05, 4.69) is 20.6 Å². The molecule has 9 heteroatoms. The number of aryl methyl sites for hydroxylation is 1. The van der Waals surface area contributed by atoms with Crippen molar-refractivity contribution in [2.45, 2.75) is 12.8 Å². The summed E-state index contributed by atoms with van der Waals surface area (Å²) in [5, 5.41) is 6.09. The molecule has 35 heavy (non-hydrogen) atoms. The third-order valence-electron chi connectivity index (χ3n) is 5.33.